The number of aromatic nitrogens is 2. The fraction of sp³-hybridized carbons (Fsp3) is 0.565. The van der Waals surface area contributed by atoms with Gasteiger partial charge in [-0.15, -0.1) is 0 Å². The van der Waals surface area contributed by atoms with Crippen molar-refractivity contribution in [2.24, 2.45) is 0 Å². The van der Waals surface area contributed by atoms with Crippen LogP contribution in [0.4, 0.5) is 11.4 Å². The molecule has 0 unspecified atom stereocenters. The van der Waals surface area contributed by atoms with Crippen LogP contribution in [0, 0.1) is 0 Å². The molecule has 0 bridgehead atoms. The molecule has 2 atom stereocenters. The lowest BCUT2D eigenvalue weighted by atomic mass is 10.0. The minimum atomic E-state index is 0.255. The van der Waals surface area contributed by atoms with Crippen LogP contribution in [0.3, 0.4) is 0 Å². The second-order valence-corrected chi connectivity index (χ2v) is 8.83. The maximum Gasteiger partial charge on any atom is 0.227 e. The Balaban J connectivity index is 1.16. The van der Waals surface area contributed by atoms with E-state index in [0.29, 0.717) is 24.5 Å². The molecule has 3 saturated heterocycles. The van der Waals surface area contributed by atoms with E-state index in [1.165, 1.54) is 31.5 Å². The Labute approximate surface area is 173 Å². The topological polar surface area (TPSA) is 44.6 Å². The minimum Gasteiger partial charge on any atom is -0.371 e. The van der Waals surface area contributed by atoms with Crippen LogP contribution in [0.5, 0.6) is 0 Å². The van der Waals surface area contributed by atoms with Crippen LogP contribution in [0.25, 0.3) is 0 Å². The van der Waals surface area contributed by atoms with E-state index < -0.39 is 0 Å². The zero-order valence-electron chi connectivity index (χ0n) is 17.3. The molecule has 0 saturated carbocycles. The van der Waals surface area contributed by atoms with E-state index in [2.05, 4.69) is 56.7 Å². The van der Waals surface area contributed by atoms with Gasteiger partial charge in [0.1, 0.15) is 0 Å². The molecule has 2 aromatic rings. The Morgan fingerprint density at radius 1 is 0.931 bits per heavy atom. The average Bonchev–Trinajstić information content (AvgIpc) is 3.50. The predicted molar refractivity (Wildman–Crippen MR) is 115 cm³/mol. The summed E-state index contributed by atoms with van der Waals surface area (Å²) >= 11 is 0. The smallest absolute Gasteiger partial charge is 0.227 e. The van der Waals surface area contributed by atoms with Crippen LogP contribution in [-0.2, 0) is 4.79 Å². The Morgan fingerprint density at radius 3 is 2.31 bits per heavy atom. The summed E-state index contributed by atoms with van der Waals surface area (Å²) in [5.74, 6) is 0.255. The number of rotatable bonds is 4. The summed E-state index contributed by atoms with van der Waals surface area (Å²) in [7, 11) is 0. The number of amides is 1. The Hall–Kier alpha value is -2.34. The van der Waals surface area contributed by atoms with Crippen molar-refractivity contribution in [1.29, 1.82) is 0 Å². The monoisotopic (exact) mass is 393 g/mol. The highest BCUT2D eigenvalue weighted by atomic mass is 16.2. The van der Waals surface area contributed by atoms with Crippen molar-refractivity contribution in [2.45, 2.75) is 57.2 Å². The molecule has 6 heteroatoms. The number of nitrogens with zero attached hydrogens (tertiary/aromatic N) is 5. The van der Waals surface area contributed by atoms with Gasteiger partial charge in [-0.05, 0) is 56.9 Å². The van der Waals surface area contributed by atoms with Gasteiger partial charge in [-0.25, -0.2) is 4.98 Å². The number of piperidine rings is 1. The molecule has 0 N–H and O–H groups in total. The van der Waals surface area contributed by atoms with E-state index in [4.69, 9.17) is 0 Å². The fourth-order valence-electron chi connectivity index (χ4n) is 5.37. The van der Waals surface area contributed by atoms with E-state index in [-0.39, 0.29) is 5.91 Å². The van der Waals surface area contributed by atoms with Gasteiger partial charge in [0.2, 0.25) is 5.91 Å². The van der Waals surface area contributed by atoms with Crippen LogP contribution in [0.15, 0.2) is 43.0 Å². The number of hydrogen-bond donors (Lipinski definition) is 0. The first-order valence-electron chi connectivity index (χ1n) is 11.1. The molecule has 29 heavy (non-hydrogen) atoms. The van der Waals surface area contributed by atoms with Crippen LogP contribution >= 0.6 is 0 Å². The van der Waals surface area contributed by atoms with Gasteiger partial charge in [0, 0.05) is 74.5 Å². The second-order valence-electron chi connectivity index (χ2n) is 8.83. The molecule has 1 amide bonds. The molecule has 3 fully saturated rings. The summed E-state index contributed by atoms with van der Waals surface area (Å²) < 4.78 is 2.27. The quantitative estimate of drug-likeness (QED) is 0.799. The summed E-state index contributed by atoms with van der Waals surface area (Å²) in [5.41, 5.74) is 2.32. The van der Waals surface area contributed by atoms with Gasteiger partial charge >= 0.3 is 0 Å². The van der Waals surface area contributed by atoms with Crippen LogP contribution in [-0.4, -0.2) is 58.6 Å². The van der Waals surface area contributed by atoms with E-state index in [1.54, 1.807) is 0 Å². The number of imidazole rings is 1. The molecule has 5 rings (SSSR count). The largest absolute Gasteiger partial charge is 0.371 e. The molecular formula is C23H31N5O. The molecule has 6 nitrogen and oxygen atoms in total. The Kier molecular flexibility index (Phi) is 5.04. The number of carbonyl (C=O) groups is 1. The first kappa shape index (κ1) is 18.7. The molecule has 0 aliphatic carbocycles. The molecule has 3 aliphatic heterocycles. The van der Waals surface area contributed by atoms with Crippen LogP contribution < -0.4 is 9.80 Å². The number of benzene rings is 1. The predicted octanol–water partition coefficient (Wildman–Crippen LogP) is 3.31. The highest BCUT2D eigenvalue weighted by Gasteiger charge is 2.32. The average molecular weight is 394 g/mol. The second kappa shape index (κ2) is 7.82. The molecule has 4 heterocycles. The maximum absolute atomic E-state index is 12.1. The standard InChI is InChI=1S/C23H31N5O/c1-18-2-7-23(29)28(18)21-5-3-19(4-6-21)25-12-8-20(9-13-25)26-14-10-22(16-26)27-15-11-24-17-27/h3-6,11,15,17-18,20,22H,2,7-10,12-14,16H2,1H3/t18-,22+/m1/s1. The summed E-state index contributed by atoms with van der Waals surface area (Å²) in [6.45, 7) is 6.70. The molecule has 0 spiro atoms. The summed E-state index contributed by atoms with van der Waals surface area (Å²) in [4.78, 5) is 23.5. The number of likely N-dealkylation sites (tertiary alicyclic amines) is 1. The lowest BCUT2D eigenvalue weighted by Crippen LogP contribution is -2.44. The zero-order valence-corrected chi connectivity index (χ0v) is 17.3. The number of carbonyl (C=O) groups excluding carboxylic acids is 1. The third-order valence-electron chi connectivity index (χ3n) is 7.10. The lowest BCUT2D eigenvalue weighted by Gasteiger charge is -2.38. The highest BCUT2D eigenvalue weighted by molar-refractivity contribution is 5.96. The Morgan fingerprint density at radius 2 is 1.66 bits per heavy atom. The first-order chi connectivity index (χ1) is 14.2. The molecular weight excluding hydrogens is 362 g/mol. The van der Waals surface area contributed by atoms with E-state index in [1.807, 2.05) is 17.4 Å². The van der Waals surface area contributed by atoms with Gasteiger partial charge in [-0.2, -0.15) is 0 Å². The van der Waals surface area contributed by atoms with Crippen molar-refractivity contribution in [2.75, 3.05) is 36.0 Å². The van der Waals surface area contributed by atoms with Crippen molar-refractivity contribution in [1.82, 2.24) is 14.5 Å². The molecule has 154 valence electrons. The maximum atomic E-state index is 12.1. The van der Waals surface area contributed by atoms with Crippen molar-refractivity contribution in [3.63, 3.8) is 0 Å². The van der Waals surface area contributed by atoms with E-state index in [9.17, 15) is 4.79 Å². The first-order valence-corrected chi connectivity index (χ1v) is 11.1. The van der Waals surface area contributed by atoms with Gasteiger partial charge in [0.15, 0.2) is 0 Å². The van der Waals surface area contributed by atoms with E-state index in [0.717, 1.165) is 31.7 Å². The normalized spacial score (nSPS) is 26.6. The Bertz CT molecular complexity index is 825. The molecule has 1 aromatic carbocycles. The number of hydrogen-bond acceptors (Lipinski definition) is 4. The van der Waals surface area contributed by atoms with Crippen LogP contribution in [0.1, 0.15) is 45.1 Å². The van der Waals surface area contributed by atoms with Gasteiger partial charge in [-0.1, -0.05) is 0 Å². The highest BCUT2D eigenvalue weighted by Crippen LogP contribution is 2.31. The van der Waals surface area contributed by atoms with Gasteiger partial charge in [0.25, 0.3) is 0 Å². The SMILES string of the molecule is C[C@@H]1CCC(=O)N1c1ccc(N2CCC(N3CC[C@H](n4ccnc4)C3)CC2)cc1. The third-order valence-corrected chi connectivity index (χ3v) is 7.10. The zero-order chi connectivity index (χ0) is 19.8. The third kappa shape index (κ3) is 3.66. The fourth-order valence-corrected chi connectivity index (χ4v) is 5.37. The van der Waals surface area contributed by atoms with E-state index >= 15 is 0 Å². The van der Waals surface area contributed by atoms with Crippen molar-refractivity contribution >= 4 is 17.3 Å². The number of anilines is 2. The van der Waals surface area contributed by atoms with Crippen LogP contribution in [0.2, 0.25) is 0 Å². The van der Waals surface area contributed by atoms with Crippen molar-refractivity contribution < 1.29 is 4.79 Å². The van der Waals surface area contributed by atoms with Gasteiger partial charge < -0.3 is 14.4 Å². The van der Waals surface area contributed by atoms with Gasteiger partial charge in [0.05, 0.1) is 6.33 Å². The van der Waals surface area contributed by atoms with Crippen molar-refractivity contribution in [3.8, 4) is 0 Å². The summed E-state index contributed by atoms with van der Waals surface area (Å²) in [6.07, 6.45) is 11.2. The summed E-state index contributed by atoms with van der Waals surface area (Å²) in [6, 6.07) is 10.2. The van der Waals surface area contributed by atoms with Crippen molar-refractivity contribution in [3.05, 3.63) is 43.0 Å². The summed E-state index contributed by atoms with van der Waals surface area (Å²) in [5, 5.41) is 0. The lowest BCUT2D eigenvalue weighted by molar-refractivity contribution is -0.117. The van der Waals surface area contributed by atoms with Gasteiger partial charge in [-0.3, -0.25) is 9.69 Å². The molecule has 0 radical (unpaired) electrons. The minimum absolute atomic E-state index is 0.255. The molecule has 1 aromatic heterocycles. The molecule has 3 aliphatic rings.